The van der Waals surface area contributed by atoms with Crippen LogP contribution >= 0.6 is 0 Å². The minimum absolute atomic E-state index is 0.0156. The van der Waals surface area contributed by atoms with Crippen LogP contribution in [0.3, 0.4) is 0 Å². The lowest BCUT2D eigenvalue weighted by atomic mass is 9.92. The molecule has 1 rings (SSSR count). The summed E-state index contributed by atoms with van der Waals surface area (Å²) in [5, 5.41) is 11.7. The van der Waals surface area contributed by atoms with E-state index in [1.165, 1.54) is 6.42 Å². The molecule has 0 bridgehead atoms. The smallest absolute Gasteiger partial charge is 0.317 e. The normalized spacial score (nSPS) is 17.4. The van der Waals surface area contributed by atoms with Crippen LogP contribution in [0.25, 0.3) is 0 Å². The Labute approximate surface area is 102 Å². The zero-order valence-electron chi connectivity index (χ0n) is 10.8. The molecule has 5 heteroatoms. The van der Waals surface area contributed by atoms with Crippen molar-refractivity contribution in [3.05, 3.63) is 0 Å². The van der Waals surface area contributed by atoms with E-state index in [0.717, 1.165) is 12.8 Å². The Morgan fingerprint density at radius 2 is 2.00 bits per heavy atom. The first-order valence-electron chi connectivity index (χ1n) is 6.17. The molecule has 17 heavy (non-hydrogen) atoms. The zero-order valence-corrected chi connectivity index (χ0v) is 10.8. The lowest BCUT2D eigenvalue weighted by Crippen LogP contribution is -2.48. The molecule has 0 spiro atoms. The second-order valence-electron chi connectivity index (χ2n) is 5.07. The highest BCUT2D eigenvalue weighted by atomic mass is 16.4. The summed E-state index contributed by atoms with van der Waals surface area (Å²) >= 11 is 0. The summed E-state index contributed by atoms with van der Waals surface area (Å²) in [5.41, 5.74) is 0. The van der Waals surface area contributed by atoms with Crippen molar-refractivity contribution in [3.8, 4) is 0 Å². The predicted octanol–water partition coefficient (Wildman–Crippen LogP) is 1.54. The molecule has 0 aromatic rings. The number of hydrogen-bond donors (Lipinski definition) is 2. The molecule has 1 atom stereocenters. The lowest BCUT2D eigenvalue weighted by molar-refractivity contribution is -0.142. The molecule has 1 aliphatic carbocycles. The summed E-state index contributed by atoms with van der Waals surface area (Å²) in [4.78, 5) is 24.4. The van der Waals surface area contributed by atoms with Gasteiger partial charge in [-0.15, -0.1) is 0 Å². The summed E-state index contributed by atoms with van der Waals surface area (Å²) in [7, 11) is 1.77. The Morgan fingerprint density at radius 1 is 1.41 bits per heavy atom. The van der Waals surface area contributed by atoms with Crippen LogP contribution in [-0.2, 0) is 4.79 Å². The van der Waals surface area contributed by atoms with E-state index in [9.17, 15) is 9.59 Å². The first-order chi connectivity index (χ1) is 7.93. The summed E-state index contributed by atoms with van der Waals surface area (Å²) in [5.74, 6) is -1.36. The van der Waals surface area contributed by atoms with E-state index < -0.39 is 11.9 Å². The molecular formula is C12H22N2O3. The van der Waals surface area contributed by atoms with Crippen LogP contribution in [0.5, 0.6) is 0 Å². The van der Waals surface area contributed by atoms with Crippen molar-refractivity contribution in [2.75, 3.05) is 13.6 Å². The van der Waals surface area contributed by atoms with Gasteiger partial charge in [0.1, 0.15) is 0 Å². The van der Waals surface area contributed by atoms with Gasteiger partial charge in [-0.2, -0.15) is 0 Å². The molecule has 98 valence electrons. The topological polar surface area (TPSA) is 69.6 Å². The maximum absolute atomic E-state index is 11.7. The minimum Gasteiger partial charge on any atom is -0.481 e. The van der Waals surface area contributed by atoms with E-state index in [-0.39, 0.29) is 18.5 Å². The van der Waals surface area contributed by atoms with E-state index in [4.69, 9.17) is 5.11 Å². The molecule has 1 aliphatic rings. The number of aliphatic carboxylic acids is 1. The molecule has 0 radical (unpaired) electrons. The van der Waals surface area contributed by atoms with E-state index >= 15 is 0 Å². The molecule has 2 N–H and O–H groups in total. The summed E-state index contributed by atoms with van der Waals surface area (Å²) in [6, 6.07) is 0.166. The van der Waals surface area contributed by atoms with Gasteiger partial charge < -0.3 is 15.3 Å². The van der Waals surface area contributed by atoms with Gasteiger partial charge in [0.05, 0.1) is 5.92 Å². The standard InChI is InChI=1S/C12H22N2O3/c1-8(2)10(11(15)16)7-13-12(17)14(3)9-5-4-6-9/h8-10H,4-7H2,1-3H3,(H,13,17)(H,15,16). The average Bonchev–Trinajstić information content (AvgIpc) is 2.13. The molecule has 5 nitrogen and oxygen atoms in total. The van der Waals surface area contributed by atoms with Crippen LogP contribution in [0.1, 0.15) is 33.1 Å². The largest absolute Gasteiger partial charge is 0.481 e. The van der Waals surface area contributed by atoms with Gasteiger partial charge in [-0.05, 0) is 25.2 Å². The summed E-state index contributed by atoms with van der Waals surface area (Å²) in [6.07, 6.45) is 3.28. The fourth-order valence-corrected chi connectivity index (χ4v) is 1.87. The number of hydrogen-bond acceptors (Lipinski definition) is 2. The predicted molar refractivity (Wildman–Crippen MR) is 64.8 cm³/mol. The highest BCUT2D eigenvalue weighted by molar-refractivity contribution is 5.76. The van der Waals surface area contributed by atoms with Gasteiger partial charge >= 0.3 is 12.0 Å². The van der Waals surface area contributed by atoms with Crippen LogP contribution in [0.4, 0.5) is 4.79 Å². The lowest BCUT2D eigenvalue weighted by Gasteiger charge is -2.35. The number of nitrogens with one attached hydrogen (secondary N) is 1. The van der Waals surface area contributed by atoms with Gasteiger partial charge in [-0.25, -0.2) is 4.79 Å². The van der Waals surface area contributed by atoms with Gasteiger partial charge in [0.25, 0.3) is 0 Å². The number of nitrogens with zero attached hydrogens (tertiary/aromatic N) is 1. The monoisotopic (exact) mass is 242 g/mol. The van der Waals surface area contributed by atoms with Crippen molar-refractivity contribution in [1.82, 2.24) is 10.2 Å². The van der Waals surface area contributed by atoms with Crippen LogP contribution < -0.4 is 5.32 Å². The number of amides is 2. The molecule has 1 fully saturated rings. The van der Waals surface area contributed by atoms with E-state index in [2.05, 4.69) is 5.32 Å². The third-order valence-corrected chi connectivity index (χ3v) is 3.54. The third-order valence-electron chi connectivity index (χ3n) is 3.54. The molecule has 0 saturated heterocycles. The summed E-state index contributed by atoms with van der Waals surface area (Å²) < 4.78 is 0. The number of carbonyl (C=O) groups excluding carboxylic acids is 1. The van der Waals surface area contributed by atoms with E-state index in [0.29, 0.717) is 6.04 Å². The molecule has 0 heterocycles. The Morgan fingerprint density at radius 3 is 2.35 bits per heavy atom. The Hall–Kier alpha value is -1.26. The molecule has 0 aliphatic heterocycles. The average molecular weight is 242 g/mol. The first kappa shape index (κ1) is 13.8. The molecule has 2 amide bonds. The maximum Gasteiger partial charge on any atom is 0.317 e. The maximum atomic E-state index is 11.7. The molecule has 1 saturated carbocycles. The fraction of sp³-hybridized carbons (Fsp3) is 0.833. The van der Waals surface area contributed by atoms with Crippen LogP contribution in [0.2, 0.25) is 0 Å². The van der Waals surface area contributed by atoms with Crippen molar-refractivity contribution in [2.45, 2.75) is 39.2 Å². The van der Waals surface area contributed by atoms with Crippen molar-refractivity contribution < 1.29 is 14.7 Å². The number of carbonyl (C=O) groups is 2. The van der Waals surface area contributed by atoms with Crippen molar-refractivity contribution in [3.63, 3.8) is 0 Å². The van der Waals surface area contributed by atoms with Crippen molar-refractivity contribution in [1.29, 1.82) is 0 Å². The van der Waals surface area contributed by atoms with E-state index in [1.54, 1.807) is 11.9 Å². The number of urea groups is 1. The Bertz CT molecular complexity index is 287. The minimum atomic E-state index is -0.855. The SMILES string of the molecule is CC(C)C(CNC(=O)N(C)C1CCC1)C(=O)O. The number of carboxylic acid groups (broad SMARTS) is 1. The van der Waals surface area contributed by atoms with Gasteiger partial charge in [0.2, 0.25) is 0 Å². The molecule has 1 unspecified atom stereocenters. The number of carboxylic acids is 1. The molecule has 0 aromatic heterocycles. The molecular weight excluding hydrogens is 220 g/mol. The van der Waals surface area contributed by atoms with E-state index in [1.807, 2.05) is 13.8 Å². The van der Waals surface area contributed by atoms with Gasteiger partial charge in [0, 0.05) is 19.6 Å². The Kier molecular flexibility index (Phi) is 4.78. The fourth-order valence-electron chi connectivity index (χ4n) is 1.87. The van der Waals surface area contributed by atoms with Crippen molar-refractivity contribution in [2.24, 2.45) is 11.8 Å². The second kappa shape index (κ2) is 5.89. The second-order valence-corrected chi connectivity index (χ2v) is 5.07. The van der Waals surface area contributed by atoms with Gasteiger partial charge in [-0.1, -0.05) is 13.8 Å². The molecule has 0 aromatic carbocycles. The van der Waals surface area contributed by atoms with Crippen LogP contribution in [0, 0.1) is 11.8 Å². The highest BCUT2D eigenvalue weighted by Crippen LogP contribution is 2.23. The van der Waals surface area contributed by atoms with Crippen LogP contribution in [-0.4, -0.2) is 41.6 Å². The highest BCUT2D eigenvalue weighted by Gasteiger charge is 2.27. The van der Waals surface area contributed by atoms with Crippen LogP contribution in [0.15, 0.2) is 0 Å². The quantitative estimate of drug-likeness (QED) is 0.768. The summed E-state index contributed by atoms with van der Waals surface area (Å²) in [6.45, 7) is 3.89. The first-order valence-corrected chi connectivity index (χ1v) is 6.17. The number of rotatable bonds is 5. The van der Waals surface area contributed by atoms with Crippen molar-refractivity contribution >= 4 is 12.0 Å². The van der Waals surface area contributed by atoms with Gasteiger partial charge in [0.15, 0.2) is 0 Å². The van der Waals surface area contributed by atoms with Gasteiger partial charge in [-0.3, -0.25) is 4.79 Å². The zero-order chi connectivity index (χ0) is 13.0. The third kappa shape index (κ3) is 3.61. The Balaban J connectivity index is 2.37.